The van der Waals surface area contributed by atoms with Gasteiger partial charge in [0.25, 0.3) is 0 Å². The summed E-state index contributed by atoms with van der Waals surface area (Å²) in [6.07, 6.45) is 0. The molecule has 3 aromatic carbocycles. The zero-order valence-electron chi connectivity index (χ0n) is 17.7. The van der Waals surface area contributed by atoms with Crippen molar-refractivity contribution in [1.29, 1.82) is 0 Å². The number of amides is 1. The first-order chi connectivity index (χ1) is 14.6. The predicted molar refractivity (Wildman–Crippen MR) is 124 cm³/mol. The number of carbonyl (C=O) groups excluding carboxylic acids is 1. The summed E-state index contributed by atoms with van der Waals surface area (Å²) >= 11 is 0. The van der Waals surface area contributed by atoms with Crippen LogP contribution < -0.4 is 9.80 Å². The number of nitrogens with zero attached hydrogens (tertiary/aromatic N) is 3. The zero-order chi connectivity index (χ0) is 20.9. The molecule has 0 aliphatic carbocycles. The number of carbonyl (C=O) groups is 1. The zero-order valence-corrected chi connectivity index (χ0v) is 17.7. The Morgan fingerprint density at radius 3 is 1.70 bits per heavy atom. The van der Waals surface area contributed by atoms with Gasteiger partial charge in [0.1, 0.15) is 0 Å². The van der Waals surface area contributed by atoms with Crippen LogP contribution in [0.1, 0.15) is 17.0 Å². The minimum absolute atomic E-state index is 0.190. The molecule has 0 N–H and O–H groups in total. The number of hydrogen-bond donors (Lipinski definition) is 0. The summed E-state index contributed by atoms with van der Waals surface area (Å²) in [4.78, 5) is 20.1. The number of hydrogen-bond acceptors (Lipinski definition) is 3. The molecule has 4 nitrogen and oxygen atoms in total. The Balaban J connectivity index is 1.48. The highest BCUT2D eigenvalue weighted by Gasteiger charge is 2.29. The topological polar surface area (TPSA) is 26.8 Å². The Morgan fingerprint density at radius 2 is 1.23 bits per heavy atom. The molecule has 3 aromatic rings. The monoisotopic (exact) mass is 399 g/mol. The van der Waals surface area contributed by atoms with Crippen molar-refractivity contribution in [3.63, 3.8) is 0 Å². The first-order valence-corrected chi connectivity index (χ1v) is 10.5. The van der Waals surface area contributed by atoms with E-state index in [1.165, 1.54) is 11.4 Å². The van der Waals surface area contributed by atoms with Crippen molar-refractivity contribution in [2.24, 2.45) is 0 Å². The maximum absolute atomic E-state index is 13.6. The van der Waals surface area contributed by atoms with Crippen LogP contribution in [0, 0.1) is 0 Å². The van der Waals surface area contributed by atoms with Crippen LogP contribution >= 0.6 is 0 Å². The second kappa shape index (κ2) is 9.04. The molecule has 0 bridgehead atoms. The van der Waals surface area contributed by atoms with Gasteiger partial charge >= 0.3 is 0 Å². The van der Waals surface area contributed by atoms with E-state index >= 15 is 0 Å². The maximum Gasteiger partial charge on any atom is 0.234 e. The van der Waals surface area contributed by atoms with Crippen molar-refractivity contribution in [3.8, 4) is 0 Å². The van der Waals surface area contributed by atoms with Crippen molar-refractivity contribution >= 4 is 17.3 Å². The molecule has 0 unspecified atom stereocenters. The van der Waals surface area contributed by atoms with Gasteiger partial charge in [-0.1, -0.05) is 60.7 Å². The van der Waals surface area contributed by atoms with Gasteiger partial charge < -0.3 is 14.7 Å². The summed E-state index contributed by atoms with van der Waals surface area (Å²) in [5.74, 6) is -0.0617. The van der Waals surface area contributed by atoms with Crippen LogP contribution in [0.2, 0.25) is 0 Å². The van der Waals surface area contributed by atoms with Gasteiger partial charge in [-0.15, -0.1) is 0 Å². The molecule has 1 fully saturated rings. The van der Waals surface area contributed by atoms with Crippen LogP contribution in [0.25, 0.3) is 0 Å². The van der Waals surface area contributed by atoms with E-state index in [-0.39, 0.29) is 11.8 Å². The molecule has 4 heteroatoms. The van der Waals surface area contributed by atoms with Crippen LogP contribution in [0.4, 0.5) is 11.4 Å². The van der Waals surface area contributed by atoms with Gasteiger partial charge in [0.05, 0.1) is 5.92 Å². The Kier molecular flexibility index (Phi) is 6.03. The summed E-state index contributed by atoms with van der Waals surface area (Å²) < 4.78 is 0. The lowest BCUT2D eigenvalue weighted by Crippen LogP contribution is -2.50. The molecule has 0 saturated carbocycles. The Bertz CT molecular complexity index is 907. The summed E-state index contributed by atoms with van der Waals surface area (Å²) in [5.41, 5.74) is 4.52. The van der Waals surface area contributed by atoms with Crippen molar-refractivity contribution in [2.45, 2.75) is 5.92 Å². The Labute approximate surface area is 179 Å². The molecule has 1 aliphatic heterocycles. The third-order valence-corrected chi connectivity index (χ3v) is 5.84. The van der Waals surface area contributed by atoms with Gasteiger partial charge in [-0.05, 0) is 35.4 Å². The van der Waals surface area contributed by atoms with Crippen LogP contribution in [0.5, 0.6) is 0 Å². The van der Waals surface area contributed by atoms with Crippen LogP contribution in [0.3, 0.4) is 0 Å². The lowest BCUT2D eigenvalue weighted by atomic mass is 9.90. The van der Waals surface area contributed by atoms with Gasteiger partial charge in [-0.2, -0.15) is 0 Å². The van der Waals surface area contributed by atoms with E-state index in [0.717, 1.165) is 37.3 Å². The van der Waals surface area contributed by atoms with Crippen molar-refractivity contribution in [3.05, 3.63) is 96.1 Å². The fraction of sp³-hybridized carbons (Fsp3) is 0.269. The van der Waals surface area contributed by atoms with Gasteiger partial charge in [0, 0.05) is 51.6 Å². The van der Waals surface area contributed by atoms with E-state index in [9.17, 15) is 4.79 Å². The van der Waals surface area contributed by atoms with E-state index in [4.69, 9.17) is 0 Å². The number of anilines is 2. The fourth-order valence-electron chi connectivity index (χ4n) is 4.10. The quantitative estimate of drug-likeness (QED) is 0.642. The summed E-state index contributed by atoms with van der Waals surface area (Å²) in [5, 5.41) is 0. The molecular formula is C26H29N3O. The molecule has 1 amide bonds. The molecule has 0 aromatic heterocycles. The first kappa shape index (κ1) is 20.0. The van der Waals surface area contributed by atoms with Gasteiger partial charge in [-0.25, -0.2) is 0 Å². The van der Waals surface area contributed by atoms with Gasteiger partial charge in [0.2, 0.25) is 5.91 Å². The highest BCUT2D eigenvalue weighted by molar-refractivity contribution is 5.87. The molecule has 30 heavy (non-hydrogen) atoms. The SMILES string of the molecule is CN(C)c1ccc(N2CCN(C(=O)C(c3ccccc3)c3ccccc3)CC2)cc1. The second-order valence-corrected chi connectivity index (χ2v) is 7.98. The van der Waals surface area contributed by atoms with E-state index in [0.29, 0.717) is 0 Å². The standard InChI is InChI=1S/C26H29N3O/c1-27(2)23-13-15-24(16-14-23)28-17-19-29(20-18-28)26(30)25(21-9-5-3-6-10-21)22-11-7-4-8-12-22/h3-16,25H,17-20H2,1-2H3. The fourth-order valence-corrected chi connectivity index (χ4v) is 4.10. The Hall–Kier alpha value is -3.27. The average Bonchev–Trinajstić information content (AvgIpc) is 2.81. The van der Waals surface area contributed by atoms with Crippen molar-refractivity contribution in [1.82, 2.24) is 4.90 Å². The van der Waals surface area contributed by atoms with Crippen molar-refractivity contribution in [2.75, 3.05) is 50.1 Å². The number of piperazine rings is 1. The summed E-state index contributed by atoms with van der Waals surface area (Å²) in [6, 6.07) is 28.9. The second-order valence-electron chi connectivity index (χ2n) is 7.98. The maximum atomic E-state index is 13.6. The summed E-state index contributed by atoms with van der Waals surface area (Å²) in [6.45, 7) is 3.18. The third-order valence-electron chi connectivity index (χ3n) is 5.84. The van der Waals surface area contributed by atoms with Crippen molar-refractivity contribution < 1.29 is 4.79 Å². The lowest BCUT2D eigenvalue weighted by Gasteiger charge is -2.38. The number of rotatable bonds is 5. The van der Waals surface area contributed by atoms with Gasteiger partial charge in [0.15, 0.2) is 0 Å². The van der Waals surface area contributed by atoms with Crippen LogP contribution in [-0.4, -0.2) is 51.1 Å². The normalized spacial score (nSPS) is 14.1. The minimum Gasteiger partial charge on any atom is -0.378 e. The predicted octanol–water partition coefficient (Wildman–Crippen LogP) is 4.23. The first-order valence-electron chi connectivity index (χ1n) is 10.5. The molecule has 0 atom stereocenters. The molecule has 154 valence electrons. The van der Waals surface area contributed by atoms with E-state index in [1.807, 2.05) is 41.3 Å². The molecule has 4 rings (SSSR count). The molecule has 1 heterocycles. The molecule has 0 radical (unpaired) electrons. The van der Waals surface area contributed by atoms with Crippen LogP contribution in [0.15, 0.2) is 84.9 Å². The third kappa shape index (κ3) is 4.33. The largest absolute Gasteiger partial charge is 0.378 e. The molecule has 0 spiro atoms. The average molecular weight is 400 g/mol. The van der Waals surface area contributed by atoms with Gasteiger partial charge in [-0.3, -0.25) is 4.79 Å². The molecule has 1 aliphatic rings. The summed E-state index contributed by atoms with van der Waals surface area (Å²) in [7, 11) is 4.10. The Morgan fingerprint density at radius 1 is 0.733 bits per heavy atom. The smallest absolute Gasteiger partial charge is 0.234 e. The van der Waals surface area contributed by atoms with Crippen LogP contribution in [-0.2, 0) is 4.79 Å². The molecule has 1 saturated heterocycles. The van der Waals surface area contributed by atoms with E-state index in [2.05, 4.69) is 72.4 Å². The van der Waals surface area contributed by atoms with E-state index in [1.54, 1.807) is 0 Å². The number of benzene rings is 3. The van der Waals surface area contributed by atoms with E-state index < -0.39 is 0 Å². The highest BCUT2D eigenvalue weighted by Crippen LogP contribution is 2.28. The minimum atomic E-state index is -0.252. The highest BCUT2D eigenvalue weighted by atomic mass is 16.2. The lowest BCUT2D eigenvalue weighted by molar-refractivity contribution is -0.132. The molecular weight excluding hydrogens is 370 g/mol.